The van der Waals surface area contributed by atoms with E-state index in [1.54, 1.807) is 23.5 Å². The number of rotatable bonds is 4. The molecule has 3 rings (SSSR count). The van der Waals surface area contributed by atoms with E-state index in [0.29, 0.717) is 0 Å². The smallest absolute Gasteiger partial charge is 0.223 e. The second-order valence-corrected chi connectivity index (χ2v) is 6.12. The van der Waals surface area contributed by atoms with Gasteiger partial charge in [0.2, 0.25) is 5.91 Å². The minimum absolute atomic E-state index is 0.110. The lowest BCUT2D eigenvalue weighted by molar-refractivity contribution is -0.127. The minimum Gasteiger partial charge on any atom is -0.344 e. The Bertz CT molecular complexity index is 575. The van der Waals surface area contributed by atoms with Crippen molar-refractivity contribution >= 4 is 17.2 Å². The Kier molecular flexibility index (Phi) is 3.83. The number of hydrogen-bond donors (Lipinski definition) is 1. The summed E-state index contributed by atoms with van der Waals surface area (Å²) in [5.74, 6) is 0.000819. The fraction of sp³-hybridized carbons (Fsp3) is 0.312. The number of thiophene rings is 1. The molecule has 0 spiro atoms. The average Bonchev–Trinajstić information content (AvgIpc) is 2.88. The van der Waals surface area contributed by atoms with Gasteiger partial charge in [-0.15, -0.1) is 11.3 Å². The molecule has 0 aliphatic heterocycles. The molecule has 1 heterocycles. The molecule has 2 nitrogen and oxygen atoms in total. The van der Waals surface area contributed by atoms with Crippen molar-refractivity contribution in [3.63, 3.8) is 0 Å². The molecular formula is C16H16FNOS. The van der Waals surface area contributed by atoms with Crippen molar-refractivity contribution in [1.82, 2.24) is 5.32 Å². The number of halogens is 1. The van der Waals surface area contributed by atoms with Crippen LogP contribution >= 0.6 is 11.3 Å². The van der Waals surface area contributed by atoms with Crippen molar-refractivity contribution < 1.29 is 9.18 Å². The predicted molar refractivity (Wildman–Crippen MR) is 78.0 cm³/mol. The molecule has 0 radical (unpaired) electrons. The summed E-state index contributed by atoms with van der Waals surface area (Å²) in [7, 11) is 0. The number of carbonyl (C=O) groups excluding carboxylic acids is 1. The topological polar surface area (TPSA) is 29.1 Å². The Labute approximate surface area is 121 Å². The number of amides is 1. The number of nitrogens with one attached hydrogen (secondary N) is 1. The Hall–Kier alpha value is -1.68. The van der Waals surface area contributed by atoms with Gasteiger partial charge in [0.15, 0.2) is 0 Å². The number of hydrogen-bond acceptors (Lipinski definition) is 2. The Morgan fingerprint density at radius 2 is 2.00 bits per heavy atom. The largest absolute Gasteiger partial charge is 0.344 e. The molecule has 1 saturated carbocycles. The quantitative estimate of drug-likeness (QED) is 0.909. The number of carbonyl (C=O) groups is 1. The lowest BCUT2D eigenvalue weighted by atomic mass is 9.84. The van der Waals surface area contributed by atoms with Crippen molar-refractivity contribution in [1.29, 1.82) is 0 Å². The summed E-state index contributed by atoms with van der Waals surface area (Å²) in [5, 5.41) is 5.09. The maximum Gasteiger partial charge on any atom is 0.223 e. The second-order valence-electron chi connectivity index (χ2n) is 5.14. The van der Waals surface area contributed by atoms with E-state index >= 15 is 0 Å². The van der Waals surface area contributed by atoms with Crippen LogP contribution in [0.3, 0.4) is 0 Å². The van der Waals surface area contributed by atoms with Gasteiger partial charge in [0.25, 0.3) is 0 Å². The van der Waals surface area contributed by atoms with Crippen LogP contribution in [-0.4, -0.2) is 5.91 Å². The van der Waals surface area contributed by atoms with Gasteiger partial charge in [-0.1, -0.05) is 24.6 Å². The van der Waals surface area contributed by atoms with Crippen LogP contribution in [0.5, 0.6) is 0 Å². The summed E-state index contributed by atoms with van der Waals surface area (Å²) in [4.78, 5) is 13.3. The van der Waals surface area contributed by atoms with E-state index in [2.05, 4.69) is 5.32 Å². The van der Waals surface area contributed by atoms with Crippen LogP contribution in [0.1, 0.15) is 35.7 Å². The zero-order chi connectivity index (χ0) is 13.9. The first-order chi connectivity index (χ1) is 9.74. The van der Waals surface area contributed by atoms with E-state index in [1.165, 1.54) is 12.1 Å². The van der Waals surface area contributed by atoms with Gasteiger partial charge in [0.1, 0.15) is 5.82 Å². The molecule has 1 atom stereocenters. The van der Waals surface area contributed by atoms with Crippen molar-refractivity contribution in [2.75, 3.05) is 0 Å². The molecule has 4 heteroatoms. The van der Waals surface area contributed by atoms with Gasteiger partial charge in [-0.25, -0.2) is 4.39 Å². The van der Waals surface area contributed by atoms with Gasteiger partial charge in [-0.3, -0.25) is 4.79 Å². The van der Waals surface area contributed by atoms with Gasteiger partial charge in [0.05, 0.1) is 6.04 Å². The van der Waals surface area contributed by atoms with Crippen molar-refractivity contribution in [3.05, 3.63) is 58.0 Å². The van der Waals surface area contributed by atoms with E-state index in [-0.39, 0.29) is 23.7 Å². The second kappa shape index (κ2) is 5.75. The molecule has 0 bridgehead atoms. The molecule has 1 N–H and O–H groups in total. The monoisotopic (exact) mass is 289 g/mol. The third-order valence-corrected chi connectivity index (χ3v) is 4.73. The van der Waals surface area contributed by atoms with Crippen molar-refractivity contribution in [3.8, 4) is 0 Å². The predicted octanol–water partition coefficient (Wildman–Crippen LogP) is 3.89. The molecule has 1 aromatic carbocycles. The molecule has 0 saturated heterocycles. The first-order valence-corrected chi connectivity index (χ1v) is 7.71. The molecule has 1 aliphatic carbocycles. The first kappa shape index (κ1) is 13.3. The maximum atomic E-state index is 13.1. The normalized spacial score (nSPS) is 16.4. The maximum absolute atomic E-state index is 13.1. The molecular weight excluding hydrogens is 273 g/mol. The van der Waals surface area contributed by atoms with Gasteiger partial charge in [-0.2, -0.15) is 0 Å². The highest BCUT2D eigenvalue weighted by Gasteiger charge is 2.28. The number of benzene rings is 1. The van der Waals surface area contributed by atoms with Crippen molar-refractivity contribution in [2.24, 2.45) is 5.92 Å². The summed E-state index contributed by atoms with van der Waals surface area (Å²) in [6.45, 7) is 0. The molecule has 0 unspecified atom stereocenters. The van der Waals surface area contributed by atoms with Crippen LogP contribution in [0.15, 0.2) is 41.8 Å². The molecule has 1 aliphatic rings. The van der Waals surface area contributed by atoms with Crippen LogP contribution in [0.2, 0.25) is 0 Å². The van der Waals surface area contributed by atoms with E-state index in [9.17, 15) is 9.18 Å². The first-order valence-electron chi connectivity index (χ1n) is 6.83. The summed E-state index contributed by atoms with van der Waals surface area (Å²) in [5.41, 5.74) is 0.918. The Morgan fingerprint density at radius 3 is 2.55 bits per heavy atom. The highest BCUT2D eigenvalue weighted by molar-refractivity contribution is 7.10. The average molecular weight is 289 g/mol. The standard InChI is InChI=1S/C16H16FNOS/c17-13-8-6-11(7-9-13)15(14-5-2-10-20-14)18-16(19)12-3-1-4-12/h2,5-10,12,15H,1,3-4H2,(H,18,19)/t15-/m1/s1. The SMILES string of the molecule is O=C(N[C@H](c1ccc(F)cc1)c1cccs1)C1CCC1. The highest BCUT2D eigenvalue weighted by Crippen LogP contribution is 2.30. The van der Waals surface area contributed by atoms with Crippen LogP contribution < -0.4 is 5.32 Å². The molecule has 20 heavy (non-hydrogen) atoms. The third kappa shape index (κ3) is 2.75. The van der Waals surface area contributed by atoms with E-state index < -0.39 is 0 Å². The van der Waals surface area contributed by atoms with Crippen LogP contribution in [0.25, 0.3) is 0 Å². The van der Waals surface area contributed by atoms with Crippen molar-refractivity contribution in [2.45, 2.75) is 25.3 Å². The third-order valence-electron chi connectivity index (χ3n) is 3.79. The van der Waals surface area contributed by atoms with Crippen LogP contribution in [0, 0.1) is 11.7 Å². The molecule has 2 aromatic rings. The minimum atomic E-state index is -0.260. The van der Waals surface area contributed by atoms with E-state index in [1.807, 2.05) is 17.5 Å². The van der Waals surface area contributed by atoms with E-state index in [0.717, 1.165) is 29.7 Å². The van der Waals surface area contributed by atoms with Crippen LogP contribution in [0.4, 0.5) is 4.39 Å². The van der Waals surface area contributed by atoms with Crippen LogP contribution in [-0.2, 0) is 4.79 Å². The Morgan fingerprint density at radius 1 is 1.25 bits per heavy atom. The zero-order valence-electron chi connectivity index (χ0n) is 11.0. The fourth-order valence-electron chi connectivity index (χ4n) is 2.36. The molecule has 104 valence electrons. The highest BCUT2D eigenvalue weighted by atomic mass is 32.1. The molecule has 1 fully saturated rings. The lowest BCUT2D eigenvalue weighted by Crippen LogP contribution is -2.37. The summed E-state index contributed by atoms with van der Waals surface area (Å²) in [6, 6.07) is 10.1. The van der Waals surface area contributed by atoms with Gasteiger partial charge >= 0.3 is 0 Å². The summed E-state index contributed by atoms with van der Waals surface area (Å²) >= 11 is 1.60. The summed E-state index contributed by atoms with van der Waals surface area (Å²) in [6.07, 6.45) is 3.09. The zero-order valence-corrected chi connectivity index (χ0v) is 11.8. The van der Waals surface area contributed by atoms with Gasteiger partial charge in [-0.05, 0) is 42.0 Å². The summed E-state index contributed by atoms with van der Waals surface area (Å²) < 4.78 is 13.1. The Balaban J connectivity index is 1.84. The van der Waals surface area contributed by atoms with Gasteiger partial charge in [0, 0.05) is 10.8 Å². The van der Waals surface area contributed by atoms with E-state index in [4.69, 9.17) is 0 Å². The molecule has 1 amide bonds. The van der Waals surface area contributed by atoms with Gasteiger partial charge < -0.3 is 5.32 Å². The fourth-order valence-corrected chi connectivity index (χ4v) is 3.16. The molecule has 1 aromatic heterocycles. The lowest BCUT2D eigenvalue weighted by Gasteiger charge is -2.27.